The van der Waals surface area contributed by atoms with E-state index in [0.717, 1.165) is 6.42 Å². The third kappa shape index (κ3) is 2.34. The number of aliphatic hydroxyl groups is 1. The van der Waals surface area contributed by atoms with Crippen LogP contribution in [-0.2, 0) is 10.3 Å². The Morgan fingerprint density at radius 2 is 2.41 bits per heavy atom. The fraction of sp³-hybridized carbons (Fsp3) is 0.818. The minimum Gasteiger partial charge on any atom is -0.392 e. The van der Waals surface area contributed by atoms with Gasteiger partial charge in [0.15, 0.2) is 0 Å². The minimum absolute atomic E-state index is 0.0517. The van der Waals surface area contributed by atoms with Crippen LogP contribution in [0.2, 0.25) is 0 Å². The molecule has 0 aliphatic carbocycles. The molecule has 1 aliphatic rings. The van der Waals surface area contributed by atoms with Gasteiger partial charge < -0.3 is 19.7 Å². The Hall–Kier alpha value is -0.980. The van der Waals surface area contributed by atoms with Gasteiger partial charge >= 0.3 is 0 Å². The van der Waals surface area contributed by atoms with Crippen LogP contribution in [0.5, 0.6) is 0 Å². The first-order valence-electron chi connectivity index (χ1n) is 5.89. The van der Waals surface area contributed by atoms with E-state index in [0.29, 0.717) is 24.7 Å². The molecule has 96 valence electrons. The molecule has 0 saturated carbocycles. The Labute approximate surface area is 100 Å². The summed E-state index contributed by atoms with van der Waals surface area (Å²) in [5.74, 6) is 1.08. The molecule has 2 heterocycles. The van der Waals surface area contributed by atoms with Gasteiger partial charge in [0.2, 0.25) is 11.7 Å². The van der Waals surface area contributed by atoms with Crippen LogP contribution in [0.1, 0.15) is 44.4 Å². The molecule has 0 radical (unpaired) electrons. The lowest BCUT2D eigenvalue weighted by atomic mass is 10.0. The SMILES string of the molecule is CCC(C)(OC)c1noc([C@H]2C[C@@H](O)CN2)n1. The Morgan fingerprint density at radius 1 is 1.65 bits per heavy atom. The second-order valence-corrected chi connectivity index (χ2v) is 4.60. The normalized spacial score (nSPS) is 28.2. The number of aromatic nitrogens is 2. The van der Waals surface area contributed by atoms with Crippen molar-refractivity contribution >= 4 is 0 Å². The molecule has 1 aliphatic heterocycles. The third-order valence-electron chi connectivity index (χ3n) is 3.45. The second kappa shape index (κ2) is 4.72. The molecular weight excluding hydrogens is 222 g/mol. The Morgan fingerprint density at radius 3 is 2.94 bits per heavy atom. The molecule has 0 bridgehead atoms. The van der Waals surface area contributed by atoms with E-state index in [1.165, 1.54) is 0 Å². The molecule has 1 aromatic rings. The van der Waals surface area contributed by atoms with Crippen LogP contribution in [0.25, 0.3) is 0 Å². The monoisotopic (exact) mass is 241 g/mol. The highest BCUT2D eigenvalue weighted by molar-refractivity contribution is 5.03. The van der Waals surface area contributed by atoms with Crippen molar-refractivity contribution in [3.05, 3.63) is 11.7 Å². The van der Waals surface area contributed by atoms with Gasteiger partial charge in [-0.2, -0.15) is 4.98 Å². The van der Waals surface area contributed by atoms with Crippen molar-refractivity contribution in [2.45, 2.75) is 44.4 Å². The molecule has 6 heteroatoms. The van der Waals surface area contributed by atoms with E-state index in [1.54, 1.807) is 7.11 Å². The lowest BCUT2D eigenvalue weighted by molar-refractivity contribution is -0.0106. The maximum Gasteiger partial charge on any atom is 0.243 e. The van der Waals surface area contributed by atoms with Crippen molar-refractivity contribution in [2.75, 3.05) is 13.7 Å². The minimum atomic E-state index is -0.515. The highest BCUT2D eigenvalue weighted by Gasteiger charge is 2.33. The number of aliphatic hydroxyl groups excluding tert-OH is 1. The first-order valence-corrected chi connectivity index (χ1v) is 5.89. The Bertz CT molecular complexity index is 376. The molecule has 0 spiro atoms. The molecule has 3 atom stereocenters. The predicted molar refractivity (Wildman–Crippen MR) is 60.3 cm³/mol. The summed E-state index contributed by atoms with van der Waals surface area (Å²) < 4.78 is 10.6. The highest BCUT2D eigenvalue weighted by Crippen LogP contribution is 2.28. The molecule has 0 aromatic carbocycles. The lowest BCUT2D eigenvalue weighted by Crippen LogP contribution is -2.25. The molecule has 0 amide bonds. The number of nitrogens with one attached hydrogen (secondary N) is 1. The zero-order chi connectivity index (χ0) is 12.5. The summed E-state index contributed by atoms with van der Waals surface area (Å²) in [6.45, 7) is 4.51. The standard InChI is InChI=1S/C11H19N3O3/c1-4-11(2,16-3)10-13-9(17-14-10)8-5-7(15)6-12-8/h7-8,12,15H,4-6H2,1-3H3/t7-,8-,11?/m1/s1. The van der Waals surface area contributed by atoms with Gasteiger partial charge in [0, 0.05) is 13.7 Å². The first-order chi connectivity index (χ1) is 8.09. The van der Waals surface area contributed by atoms with Crippen LogP contribution in [0.4, 0.5) is 0 Å². The number of methoxy groups -OCH3 is 1. The maximum absolute atomic E-state index is 9.44. The van der Waals surface area contributed by atoms with Crippen LogP contribution < -0.4 is 5.32 Å². The van der Waals surface area contributed by atoms with E-state index in [9.17, 15) is 5.11 Å². The van der Waals surface area contributed by atoms with Crippen molar-refractivity contribution in [3.63, 3.8) is 0 Å². The first kappa shape index (κ1) is 12.5. The largest absolute Gasteiger partial charge is 0.392 e. The van der Waals surface area contributed by atoms with E-state index in [4.69, 9.17) is 9.26 Å². The smallest absolute Gasteiger partial charge is 0.243 e. The highest BCUT2D eigenvalue weighted by atomic mass is 16.5. The summed E-state index contributed by atoms with van der Waals surface area (Å²) in [5.41, 5.74) is -0.515. The van der Waals surface area contributed by atoms with E-state index in [-0.39, 0.29) is 12.1 Å². The van der Waals surface area contributed by atoms with E-state index in [1.807, 2.05) is 13.8 Å². The molecule has 1 saturated heterocycles. The summed E-state index contributed by atoms with van der Waals surface area (Å²) in [7, 11) is 1.64. The number of β-amino-alcohol motifs (C(OH)–C–C–N with tert-alkyl or cyclic N) is 1. The molecule has 1 fully saturated rings. The molecule has 6 nitrogen and oxygen atoms in total. The Kier molecular flexibility index (Phi) is 3.46. The van der Waals surface area contributed by atoms with Crippen molar-refractivity contribution in [2.24, 2.45) is 0 Å². The summed E-state index contributed by atoms with van der Waals surface area (Å²) in [4.78, 5) is 4.36. The van der Waals surface area contributed by atoms with Gasteiger partial charge in [-0.15, -0.1) is 0 Å². The summed E-state index contributed by atoms with van der Waals surface area (Å²) in [5, 5.41) is 16.5. The third-order valence-corrected chi connectivity index (χ3v) is 3.45. The van der Waals surface area contributed by atoms with E-state index in [2.05, 4.69) is 15.5 Å². The zero-order valence-corrected chi connectivity index (χ0v) is 10.4. The number of ether oxygens (including phenoxy) is 1. The number of nitrogens with zero attached hydrogens (tertiary/aromatic N) is 2. The van der Waals surface area contributed by atoms with Gasteiger partial charge in [-0.1, -0.05) is 12.1 Å². The van der Waals surface area contributed by atoms with Gasteiger partial charge in [-0.25, -0.2) is 0 Å². The Balaban J connectivity index is 2.15. The van der Waals surface area contributed by atoms with Crippen LogP contribution in [0, 0.1) is 0 Å². The fourth-order valence-corrected chi connectivity index (χ4v) is 1.89. The van der Waals surface area contributed by atoms with Gasteiger partial charge in [-0.05, 0) is 19.8 Å². The average molecular weight is 241 g/mol. The second-order valence-electron chi connectivity index (χ2n) is 4.60. The molecule has 2 rings (SSSR count). The van der Waals surface area contributed by atoms with Crippen molar-refractivity contribution in [1.29, 1.82) is 0 Å². The number of hydrogen-bond donors (Lipinski definition) is 2. The van der Waals surface area contributed by atoms with Crippen LogP contribution >= 0.6 is 0 Å². The van der Waals surface area contributed by atoms with Gasteiger partial charge in [0.1, 0.15) is 5.60 Å². The summed E-state index contributed by atoms with van der Waals surface area (Å²) >= 11 is 0. The van der Waals surface area contributed by atoms with Crippen LogP contribution in [-0.4, -0.2) is 35.0 Å². The van der Waals surface area contributed by atoms with Crippen LogP contribution in [0.3, 0.4) is 0 Å². The van der Waals surface area contributed by atoms with Crippen molar-refractivity contribution in [1.82, 2.24) is 15.5 Å². The van der Waals surface area contributed by atoms with E-state index < -0.39 is 5.60 Å². The molecule has 1 unspecified atom stereocenters. The average Bonchev–Trinajstić information content (AvgIpc) is 2.96. The molecule has 1 aromatic heterocycles. The molecular formula is C11H19N3O3. The van der Waals surface area contributed by atoms with Gasteiger partial charge in [-0.3, -0.25) is 0 Å². The predicted octanol–water partition coefficient (Wildman–Crippen LogP) is 0.736. The molecule has 17 heavy (non-hydrogen) atoms. The lowest BCUT2D eigenvalue weighted by Gasteiger charge is -2.21. The van der Waals surface area contributed by atoms with Crippen molar-refractivity contribution < 1.29 is 14.4 Å². The maximum atomic E-state index is 9.44. The molecule has 2 N–H and O–H groups in total. The van der Waals surface area contributed by atoms with Crippen molar-refractivity contribution in [3.8, 4) is 0 Å². The number of hydrogen-bond acceptors (Lipinski definition) is 6. The van der Waals surface area contributed by atoms with Gasteiger partial charge in [0.25, 0.3) is 0 Å². The summed E-state index contributed by atoms with van der Waals surface area (Å²) in [6, 6.07) is -0.0517. The fourth-order valence-electron chi connectivity index (χ4n) is 1.89. The topological polar surface area (TPSA) is 80.4 Å². The van der Waals surface area contributed by atoms with Gasteiger partial charge in [0.05, 0.1) is 12.1 Å². The summed E-state index contributed by atoms with van der Waals surface area (Å²) in [6.07, 6.45) is 1.04. The quantitative estimate of drug-likeness (QED) is 0.809. The zero-order valence-electron chi connectivity index (χ0n) is 10.4. The number of rotatable bonds is 4. The van der Waals surface area contributed by atoms with Crippen LogP contribution in [0.15, 0.2) is 4.52 Å². The van der Waals surface area contributed by atoms with E-state index >= 15 is 0 Å².